The molecule has 8 heteroatoms. The predicted molar refractivity (Wildman–Crippen MR) is 123 cm³/mol. The molecular formula is C24H28N2O5S. The minimum Gasteiger partial charge on any atom is -0.494 e. The van der Waals surface area contributed by atoms with Crippen LogP contribution in [0.2, 0.25) is 0 Å². The van der Waals surface area contributed by atoms with Gasteiger partial charge in [-0.05, 0) is 67.6 Å². The zero-order valence-corrected chi connectivity index (χ0v) is 18.7. The smallest absolute Gasteiger partial charge is 0.224 e. The van der Waals surface area contributed by atoms with Gasteiger partial charge in [0.15, 0.2) is 9.84 Å². The third kappa shape index (κ3) is 5.30. The van der Waals surface area contributed by atoms with Gasteiger partial charge in [0.2, 0.25) is 11.8 Å². The summed E-state index contributed by atoms with van der Waals surface area (Å²) in [5, 5.41) is 5.31. The number of fused-ring (bicyclic) bond motifs is 1. The fourth-order valence-corrected chi connectivity index (χ4v) is 6.14. The molecule has 1 fully saturated rings. The zero-order chi connectivity index (χ0) is 22.6. The highest BCUT2D eigenvalue weighted by molar-refractivity contribution is 7.92. The molecule has 0 unspecified atom stereocenters. The van der Waals surface area contributed by atoms with E-state index < -0.39 is 9.84 Å². The summed E-state index contributed by atoms with van der Waals surface area (Å²) < 4.78 is 31.3. The number of benzene rings is 2. The fraction of sp³-hybridized carbons (Fsp3) is 0.417. The SMILES string of the molecule is O=C(CCCOc1ccc2c(c1)CCC(=O)N2)Nc1cccc(S(=O)(=O)C2CCCC2)c1. The quantitative estimate of drug-likeness (QED) is 0.583. The lowest BCUT2D eigenvalue weighted by Crippen LogP contribution is -2.19. The van der Waals surface area contributed by atoms with Gasteiger partial charge in [0.05, 0.1) is 16.8 Å². The second-order valence-electron chi connectivity index (χ2n) is 8.35. The number of ether oxygens (including phenoxy) is 1. The maximum absolute atomic E-state index is 12.8. The second kappa shape index (κ2) is 9.73. The van der Waals surface area contributed by atoms with Gasteiger partial charge in [0.1, 0.15) is 5.75 Å². The lowest BCUT2D eigenvalue weighted by molar-refractivity contribution is -0.117. The highest BCUT2D eigenvalue weighted by Gasteiger charge is 2.30. The summed E-state index contributed by atoms with van der Waals surface area (Å²) in [6.07, 6.45) is 5.26. The minimum atomic E-state index is -3.35. The summed E-state index contributed by atoms with van der Waals surface area (Å²) in [6.45, 7) is 0.384. The van der Waals surface area contributed by atoms with Gasteiger partial charge in [0, 0.05) is 24.2 Å². The molecule has 1 aliphatic carbocycles. The Labute approximate surface area is 188 Å². The van der Waals surface area contributed by atoms with Crippen LogP contribution in [0.5, 0.6) is 5.75 Å². The molecule has 7 nitrogen and oxygen atoms in total. The molecule has 1 aliphatic heterocycles. The van der Waals surface area contributed by atoms with E-state index in [-0.39, 0.29) is 28.4 Å². The Bertz CT molecular complexity index is 1110. The van der Waals surface area contributed by atoms with Crippen molar-refractivity contribution in [2.75, 3.05) is 17.2 Å². The number of nitrogens with one attached hydrogen (secondary N) is 2. The summed E-state index contributed by atoms with van der Waals surface area (Å²) >= 11 is 0. The van der Waals surface area contributed by atoms with E-state index in [2.05, 4.69) is 10.6 Å². The van der Waals surface area contributed by atoms with E-state index in [0.717, 1.165) is 24.1 Å². The van der Waals surface area contributed by atoms with Gasteiger partial charge >= 0.3 is 0 Å². The highest BCUT2D eigenvalue weighted by atomic mass is 32.2. The third-order valence-electron chi connectivity index (χ3n) is 5.98. The molecule has 0 aromatic heterocycles. The Kier molecular flexibility index (Phi) is 6.79. The van der Waals surface area contributed by atoms with Crippen molar-refractivity contribution in [2.24, 2.45) is 0 Å². The number of hydrogen-bond donors (Lipinski definition) is 2. The Morgan fingerprint density at radius 3 is 2.72 bits per heavy atom. The molecule has 1 saturated carbocycles. The fourth-order valence-electron chi connectivity index (χ4n) is 4.24. The lowest BCUT2D eigenvalue weighted by Gasteiger charge is -2.17. The molecule has 2 aromatic carbocycles. The monoisotopic (exact) mass is 456 g/mol. The van der Waals surface area contributed by atoms with Crippen molar-refractivity contribution < 1.29 is 22.7 Å². The summed E-state index contributed by atoms with van der Waals surface area (Å²) in [5.74, 6) is 0.557. The molecule has 2 N–H and O–H groups in total. The van der Waals surface area contributed by atoms with E-state index in [1.165, 1.54) is 0 Å². The summed E-state index contributed by atoms with van der Waals surface area (Å²) in [5.41, 5.74) is 2.36. The van der Waals surface area contributed by atoms with Gasteiger partial charge < -0.3 is 15.4 Å². The molecule has 2 aliphatic rings. The molecule has 170 valence electrons. The molecule has 2 amide bonds. The van der Waals surface area contributed by atoms with E-state index in [1.807, 2.05) is 12.1 Å². The van der Waals surface area contributed by atoms with E-state index >= 15 is 0 Å². The molecule has 1 heterocycles. The number of carbonyl (C=O) groups is 2. The van der Waals surface area contributed by atoms with Crippen LogP contribution in [0.15, 0.2) is 47.4 Å². The van der Waals surface area contributed by atoms with E-state index in [1.54, 1.807) is 30.3 Å². The van der Waals surface area contributed by atoms with Crippen LogP contribution in [0.1, 0.15) is 50.5 Å². The number of hydrogen-bond acceptors (Lipinski definition) is 5. The van der Waals surface area contributed by atoms with Crippen LogP contribution >= 0.6 is 0 Å². The molecule has 0 atom stereocenters. The molecule has 0 saturated heterocycles. The van der Waals surface area contributed by atoms with Gasteiger partial charge in [-0.25, -0.2) is 8.42 Å². The molecular weight excluding hydrogens is 428 g/mol. The number of rotatable bonds is 8. The Hall–Kier alpha value is -2.87. The van der Waals surface area contributed by atoms with Gasteiger partial charge in [-0.1, -0.05) is 18.9 Å². The summed E-state index contributed by atoms with van der Waals surface area (Å²) in [4.78, 5) is 24.0. The van der Waals surface area contributed by atoms with Crippen molar-refractivity contribution in [3.8, 4) is 5.75 Å². The standard InChI is InChI=1S/C24H28N2O5S/c27-23(9-4-14-31-19-11-12-22-17(15-19)10-13-24(28)26-22)25-18-5-3-8-21(16-18)32(29,30)20-6-1-2-7-20/h3,5,8,11-12,15-16,20H,1-2,4,6-7,9-10,13-14H2,(H,25,27)(H,26,28). The van der Waals surface area contributed by atoms with Gasteiger partial charge in [-0.3, -0.25) is 9.59 Å². The molecule has 4 rings (SSSR count). The first-order valence-corrected chi connectivity index (χ1v) is 12.7. The van der Waals surface area contributed by atoms with Gasteiger partial charge in [-0.2, -0.15) is 0 Å². The van der Waals surface area contributed by atoms with Crippen LogP contribution < -0.4 is 15.4 Å². The van der Waals surface area contributed by atoms with Crippen LogP contribution in [0.3, 0.4) is 0 Å². The number of carbonyl (C=O) groups excluding carboxylic acids is 2. The van der Waals surface area contributed by atoms with E-state index in [0.29, 0.717) is 50.1 Å². The van der Waals surface area contributed by atoms with Crippen molar-refractivity contribution >= 4 is 33.0 Å². The van der Waals surface area contributed by atoms with Crippen LogP contribution in [0.4, 0.5) is 11.4 Å². The number of amides is 2. The summed E-state index contributed by atoms with van der Waals surface area (Å²) in [6, 6.07) is 12.1. The van der Waals surface area contributed by atoms with Crippen LogP contribution in [-0.4, -0.2) is 32.1 Å². The molecule has 32 heavy (non-hydrogen) atoms. The van der Waals surface area contributed by atoms with E-state index in [4.69, 9.17) is 4.74 Å². The second-order valence-corrected chi connectivity index (χ2v) is 10.6. The zero-order valence-electron chi connectivity index (χ0n) is 17.9. The van der Waals surface area contributed by atoms with Crippen molar-refractivity contribution in [3.05, 3.63) is 48.0 Å². The first kappa shape index (κ1) is 22.3. The first-order valence-electron chi connectivity index (χ1n) is 11.1. The third-order valence-corrected chi connectivity index (χ3v) is 8.24. The Balaban J connectivity index is 1.25. The maximum atomic E-state index is 12.8. The topological polar surface area (TPSA) is 102 Å². The number of aryl methyl sites for hydroxylation is 1. The average Bonchev–Trinajstić information content (AvgIpc) is 3.33. The van der Waals surface area contributed by atoms with Crippen LogP contribution in [0, 0.1) is 0 Å². The lowest BCUT2D eigenvalue weighted by atomic mass is 10.0. The van der Waals surface area contributed by atoms with Crippen molar-refractivity contribution in [2.45, 2.75) is 61.5 Å². The Morgan fingerprint density at radius 2 is 1.91 bits per heavy atom. The first-order chi connectivity index (χ1) is 15.4. The number of anilines is 2. The predicted octanol–water partition coefficient (Wildman–Crippen LogP) is 4.09. The molecule has 0 bridgehead atoms. The molecule has 0 radical (unpaired) electrons. The minimum absolute atomic E-state index is 0.0267. The maximum Gasteiger partial charge on any atom is 0.224 e. The average molecular weight is 457 g/mol. The van der Waals surface area contributed by atoms with Crippen LogP contribution in [0.25, 0.3) is 0 Å². The van der Waals surface area contributed by atoms with Crippen molar-refractivity contribution in [1.82, 2.24) is 0 Å². The van der Waals surface area contributed by atoms with Crippen molar-refractivity contribution in [1.29, 1.82) is 0 Å². The van der Waals surface area contributed by atoms with E-state index in [9.17, 15) is 18.0 Å². The molecule has 0 spiro atoms. The van der Waals surface area contributed by atoms with Crippen molar-refractivity contribution in [3.63, 3.8) is 0 Å². The largest absolute Gasteiger partial charge is 0.494 e. The van der Waals surface area contributed by atoms with Gasteiger partial charge in [0.25, 0.3) is 0 Å². The van der Waals surface area contributed by atoms with Crippen LogP contribution in [-0.2, 0) is 25.8 Å². The number of sulfone groups is 1. The summed E-state index contributed by atoms with van der Waals surface area (Å²) in [7, 11) is -3.35. The molecule has 2 aromatic rings. The normalized spacial score (nSPS) is 16.3. The van der Waals surface area contributed by atoms with Gasteiger partial charge in [-0.15, -0.1) is 0 Å². The highest BCUT2D eigenvalue weighted by Crippen LogP contribution is 2.30. The Morgan fingerprint density at radius 1 is 1.09 bits per heavy atom.